The third-order valence-electron chi connectivity index (χ3n) is 6.24. The summed E-state index contributed by atoms with van der Waals surface area (Å²) in [7, 11) is -3.71. The maximum absolute atomic E-state index is 13.8. The van der Waals surface area contributed by atoms with Gasteiger partial charge in [0.15, 0.2) is 0 Å². The van der Waals surface area contributed by atoms with E-state index in [2.05, 4.69) is 4.72 Å². The van der Waals surface area contributed by atoms with Gasteiger partial charge in [-0.05, 0) is 61.7 Å². The molecule has 3 unspecified atom stereocenters. The average molecular weight is 606 g/mol. The van der Waals surface area contributed by atoms with Gasteiger partial charge in [-0.25, -0.2) is 17.4 Å². The van der Waals surface area contributed by atoms with Crippen molar-refractivity contribution in [3.8, 4) is 0 Å². The van der Waals surface area contributed by atoms with E-state index >= 15 is 0 Å². The molecule has 0 aromatic heterocycles. The highest BCUT2D eigenvalue weighted by molar-refractivity contribution is 7.97. The number of hydrogen-bond acceptors (Lipinski definition) is 6. The number of carbonyl (C=O) groups excluding carboxylic acids is 2. The number of rotatable bonds is 7. The summed E-state index contributed by atoms with van der Waals surface area (Å²) in [6, 6.07) is 10.2. The van der Waals surface area contributed by atoms with Gasteiger partial charge in [0.05, 0.1) is 17.8 Å². The number of sulfonamides is 1. The predicted molar refractivity (Wildman–Crippen MR) is 147 cm³/mol. The van der Waals surface area contributed by atoms with Gasteiger partial charge < -0.3 is 9.80 Å². The van der Waals surface area contributed by atoms with E-state index in [0.717, 1.165) is 11.8 Å². The number of piperazine rings is 1. The van der Waals surface area contributed by atoms with Gasteiger partial charge in [-0.2, -0.15) is 0 Å². The summed E-state index contributed by atoms with van der Waals surface area (Å²) in [4.78, 5) is 31.4. The maximum Gasteiger partial charge on any atom is 0.246 e. The van der Waals surface area contributed by atoms with Crippen molar-refractivity contribution in [3.63, 3.8) is 0 Å². The summed E-state index contributed by atoms with van der Waals surface area (Å²) in [5.74, 6) is -0.646. The first-order chi connectivity index (χ1) is 17.3. The molecule has 0 saturated carbocycles. The Balaban J connectivity index is 1.77. The monoisotopic (exact) mass is 604 g/mol. The Hall–Kier alpha value is -1.53. The fourth-order valence-electron chi connectivity index (χ4n) is 4.62. The molecule has 1 N–H and O–H groups in total. The Kier molecular flexibility index (Phi) is 8.69. The zero-order valence-corrected chi connectivity index (χ0v) is 24.3. The van der Waals surface area contributed by atoms with Crippen molar-refractivity contribution in [2.45, 2.75) is 49.5 Å². The van der Waals surface area contributed by atoms with Crippen molar-refractivity contribution in [1.82, 2.24) is 18.8 Å². The molecule has 2 amide bonds. The third-order valence-corrected chi connectivity index (χ3v) is 9.03. The van der Waals surface area contributed by atoms with Crippen LogP contribution >= 0.6 is 46.8 Å². The standard InChI is InChI=1S/C24H27Cl3N4O4S2/c1-14(2)29-13-22-30(36-21-8-7-17(26)11-18(21)27)12-19(28-37(3,34)35)23(32)31(22)20(24(29)33)10-15-5-4-6-16(25)9-15/h4-9,11,14,19-20,22,28H,10,12-13H2,1-3H3. The Bertz CT molecular complexity index is 1310. The van der Waals surface area contributed by atoms with E-state index in [1.54, 1.807) is 41.3 Å². The molecule has 0 radical (unpaired) electrons. The van der Waals surface area contributed by atoms with E-state index in [-0.39, 0.29) is 31.5 Å². The van der Waals surface area contributed by atoms with Crippen molar-refractivity contribution in [3.05, 3.63) is 63.1 Å². The van der Waals surface area contributed by atoms with Gasteiger partial charge >= 0.3 is 0 Å². The summed E-state index contributed by atoms with van der Waals surface area (Å²) in [5.41, 5.74) is 0.793. The van der Waals surface area contributed by atoms with Gasteiger partial charge in [-0.1, -0.05) is 46.9 Å². The van der Waals surface area contributed by atoms with E-state index in [4.69, 9.17) is 34.8 Å². The molecule has 8 nitrogen and oxygen atoms in total. The van der Waals surface area contributed by atoms with Crippen LogP contribution in [-0.4, -0.2) is 78.0 Å². The molecule has 2 saturated heterocycles. The van der Waals surface area contributed by atoms with Crippen LogP contribution in [0.3, 0.4) is 0 Å². The van der Waals surface area contributed by atoms with Crippen LogP contribution in [0.25, 0.3) is 0 Å². The first-order valence-corrected chi connectivity index (χ1v) is 15.4. The van der Waals surface area contributed by atoms with Gasteiger partial charge in [0.1, 0.15) is 18.2 Å². The molecule has 2 aromatic rings. The van der Waals surface area contributed by atoms with Crippen LogP contribution in [0, 0.1) is 0 Å². The van der Waals surface area contributed by atoms with Crippen LogP contribution in [0.2, 0.25) is 15.1 Å². The lowest BCUT2D eigenvalue weighted by molar-refractivity contribution is -0.167. The lowest BCUT2D eigenvalue weighted by atomic mass is 9.96. The van der Waals surface area contributed by atoms with E-state index in [0.29, 0.717) is 20.0 Å². The highest BCUT2D eigenvalue weighted by Crippen LogP contribution is 2.38. The molecule has 3 atom stereocenters. The molecule has 2 aromatic carbocycles. The quantitative estimate of drug-likeness (QED) is 0.482. The molecule has 2 aliphatic heterocycles. The zero-order valence-electron chi connectivity index (χ0n) is 20.4. The SMILES string of the molecule is CC(C)N1CC2N(Sc3ccc(Cl)cc3Cl)CC(NS(C)(=O)=O)C(=O)N2C(Cc2cccc(Cl)c2)C1=O. The van der Waals surface area contributed by atoms with Crippen LogP contribution in [0.5, 0.6) is 0 Å². The summed E-state index contributed by atoms with van der Waals surface area (Å²) in [5, 5.41) is 1.43. The molecular weight excluding hydrogens is 579 g/mol. The topological polar surface area (TPSA) is 90.0 Å². The lowest BCUT2D eigenvalue weighted by Crippen LogP contribution is -2.74. The van der Waals surface area contributed by atoms with Crippen LogP contribution < -0.4 is 4.72 Å². The van der Waals surface area contributed by atoms with Crippen LogP contribution in [0.4, 0.5) is 0 Å². The van der Waals surface area contributed by atoms with Gasteiger partial charge in [0.25, 0.3) is 0 Å². The maximum atomic E-state index is 13.8. The first-order valence-electron chi connectivity index (χ1n) is 11.6. The molecular formula is C24H27Cl3N4O4S2. The fourth-order valence-corrected chi connectivity index (χ4v) is 7.08. The smallest absolute Gasteiger partial charge is 0.246 e. The summed E-state index contributed by atoms with van der Waals surface area (Å²) < 4.78 is 28.6. The molecule has 4 rings (SSSR count). The molecule has 13 heteroatoms. The fraction of sp³-hybridized carbons (Fsp3) is 0.417. The highest BCUT2D eigenvalue weighted by Gasteiger charge is 2.51. The molecule has 2 heterocycles. The molecule has 0 aliphatic carbocycles. The number of hydrogen-bond donors (Lipinski definition) is 1. The lowest BCUT2D eigenvalue weighted by Gasteiger charge is -2.54. The number of nitrogens with zero attached hydrogens (tertiary/aromatic N) is 3. The number of halogens is 3. The third kappa shape index (κ3) is 6.55. The van der Waals surface area contributed by atoms with Gasteiger partial charge in [-0.3, -0.25) is 9.59 Å². The molecule has 0 spiro atoms. The van der Waals surface area contributed by atoms with Crippen molar-refractivity contribution in [2.75, 3.05) is 19.3 Å². The summed E-state index contributed by atoms with van der Waals surface area (Å²) in [6.07, 6.45) is 0.716. The van der Waals surface area contributed by atoms with E-state index in [9.17, 15) is 18.0 Å². The number of amides is 2. The van der Waals surface area contributed by atoms with Crippen LogP contribution in [0.15, 0.2) is 47.4 Å². The minimum Gasteiger partial charge on any atom is -0.335 e. The Labute approximate surface area is 236 Å². The van der Waals surface area contributed by atoms with E-state index in [1.807, 2.05) is 24.2 Å². The number of fused-ring (bicyclic) bond motifs is 1. The van der Waals surface area contributed by atoms with Gasteiger partial charge in [0.2, 0.25) is 21.8 Å². The second-order valence-corrected chi connectivity index (χ2v) is 13.5. The van der Waals surface area contributed by atoms with Crippen molar-refractivity contribution < 1.29 is 18.0 Å². The first kappa shape index (κ1) is 28.5. The molecule has 200 valence electrons. The highest BCUT2D eigenvalue weighted by atomic mass is 35.5. The summed E-state index contributed by atoms with van der Waals surface area (Å²) >= 11 is 20.0. The van der Waals surface area contributed by atoms with Crippen molar-refractivity contribution >= 4 is 68.6 Å². The van der Waals surface area contributed by atoms with Crippen molar-refractivity contribution in [2.24, 2.45) is 0 Å². The second-order valence-electron chi connectivity index (χ2n) is 9.37. The number of nitrogens with one attached hydrogen (secondary N) is 1. The van der Waals surface area contributed by atoms with Crippen LogP contribution in [-0.2, 0) is 26.0 Å². The minimum absolute atomic E-state index is 0.0840. The number of carbonyl (C=O) groups is 2. The molecule has 0 bridgehead atoms. The van der Waals surface area contributed by atoms with Gasteiger partial charge in [0, 0.05) is 33.9 Å². The van der Waals surface area contributed by atoms with Gasteiger partial charge in [-0.15, -0.1) is 0 Å². The summed E-state index contributed by atoms with van der Waals surface area (Å²) in [6.45, 7) is 4.20. The second kappa shape index (κ2) is 11.3. The zero-order chi connectivity index (χ0) is 27.1. The number of benzene rings is 2. The largest absolute Gasteiger partial charge is 0.335 e. The Morgan fingerprint density at radius 3 is 2.35 bits per heavy atom. The van der Waals surface area contributed by atoms with Crippen LogP contribution in [0.1, 0.15) is 19.4 Å². The molecule has 2 fully saturated rings. The van der Waals surface area contributed by atoms with E-state index < -0.39 is 34.2 Å². The van der Waals surface area contributed by atoms with Crippen molar-refractivity contribution in [1.29, 1.82) is 0 Å². The molecule has 37 heavy (non-hydrogen) atoms. The predicted octanol–water partition coefficient (Wildman–Crippen LogP) is 3.90. The van der Waals surface area contributed by atoms with E-state index in [1.165, 1.54) is 16.8 Å². The Morgan fingerprint density at radius 2 is 1.73 bits per heavy atom. The minimum atomic E-state index is -3.71. The normalized spacial score (nSPS) is 23.1. The molecule has 2 aliphatic rings. The Morgan fingerprint density at radius 1 is 1.03 bits per heavy atom. The average Bonchev–Trinajstić information content (AvgIpc) is 2.79.